The van der Waals surface area contributed by atoms with Gasteiger partial charge in [0.1, 0.15) is 0 Å². The summed E-state index contributed by atoms with van der Waals surface area (Å²) in [6.07, 6.45) is 5.28. The molecular formula is C34H36N4O4. The van der Waals surface area contributed by atoms with Gasteiger partial charge < -0.3 is 9.47 Å². The Morgan fingerprint density at radius 1 is 0.571 bits per heavy atom. The number of carbonyl (C=O) groups is 2. The normalized spacial score (nSPS) is 14.9. The van der Waals surface area contributed by atoms with E-state index in [1.54, 1.807) is 73.1 Å². The van der Waals surface area contributed by atoms with Crippen LogP contribution in [0.5, 0.6) is 0 Å². The number of carbonyl (C=O) groups excluding carboxylic acids is 2. The largest absolute Gasteiger partial charge is 0.436 e. The van der Waals surface area contributed by atoms with Gasteiger partial charge in [0.05, 0.1) is 22.2 Å². The summed E-state index contributed by atoms with van der Waals surface area (Å²) in [4.78, 5) is 35.3. The summed E-state index contributed by atoms with van der Waals surface area (Å²) in [6, 6.07) is 28.9. The van der Waals surface area contributed by atoms with Crippen LogP contribution in [0, 0.1) is 0 Å². The first-order chi connectivity index (χ1) is 19.9. The zero-order valence-corrected chi connectivity index (χ0v) is 24.2. The van der Waals surface area contributed by atoms with Crippen LogP contribution in [0.3, 0.4) is 0 Å². The van der Waals surface area contributed by atoms with Crippen LogP contribution in [0.1, 0.15) is 50.2 Å². The standard InChI is InChI=1S/C34H36N4O4/c1-31(2,27-19-11-13-23-37-27)33(35,25-15-7-5-8-16-25)41-29(39)21-22-30(40)42-34(36,26-17-9-6-10-18-26)32(3,4)28-20-12-14-24-38-28/h5-24H,35-36H2,1-4H3/b22-21+/t33-,34-/m1/s1. The number of pyridine rings is 2. The van der Waals surface area contributed by atoms with E-state index >= 15 is 0 Å². The molecule has 0 aliphatic carbocycles. The third-order valence-corrected chi connectivity index (χ3v) is 7.75. The number of esters is 2. The third-order valence-electron chi connectivity index (χ3n) is 7.75. The smallest absolute Gasteiger partial charge is 0.333 e. The molecule has 0 radical (unpaired) electrons. The van der Waals surface area contributed by atoms with Gasteiger partial charge in [0.15, 0.2) is 11.4 Å². The molecule has 0 saturated heterocycles. The number of aromatic nitrogens is 2. The van der Waals surface area contributed by atoms with Crippen molar-refractivity contribution in [3.63, 3.8) is 0 Å². The van der Waals surface area contributed by atoms with Crippen molar-refractivity contribution in [3.8, 4) is 0 Å². The Morgan fingerprint density at radius 2 is 0.905 bits per heavy atom. The number of hydrogen-bond donors (Lipinski definition) is 2. The number of nitrogens with two attached hydrogens (primary N) is 2. The molecule has 2 aromatic carbocycles. The zero-order chi connectivity index (χ0) is 30.4. The molecule has 0 unspecified atom stereocenters. The predicted octanol–water partition coefficient (Wildman–Crippen LogP) is 5.00. The van der Waals surface area contributed by atoms with Crippen LogP contribution in [0.2, 0.25) is 0 Å². The van der Waals surface area contributed by atoms with Gasteiger partial charge in [0.25, 0.3) is 0 Å². The monoisotopic (exact) mass is 564 g/mol. The molecule has 42 heavy (non-hydrogen) atoms. The minimum atomic E-state index is -1.63. The topological polar surface area (TPSA) is 130 Å². The summed E-state index contributed by atoms with van der Waals surface area (Å²) in [5.41, 5.74) is 11.0. The minimum absolute atomic E-state index is 0.562. The number of nitrogens with zero attached hydrogens (tertiary/aromatic N) is 2. The van der Waals surface area contributed by atoms with E-state index in [9.17, 15) is 9.59 Å². The molecule has 0 aliphatic rings. The lowest BCUT2D eigenvalue weighted by molar-refractivity contribution is -0.166. The van der Waals surface area contributed by atoms with E-state index in [4.69, 9.17) is 20.9 Å². The zero-order valence-electron chi connectivity index (χ0n) is 24.2. The Kier molecular flexibility index (Phi) is 8.70. The van der Waals surface area contributed by atoms with E-state index in [1.165, 1.54) is 0 Å². The fourth-order valence-electron chi connectivity index (χ4n) is 4.83. The second kappa shape index (κ2) is 12.1. The molecule has 0 bridgehead atoms. The molecule has 0 spiro atoms. The third kappa shape index (κ3) is 5.86. The first kappa shape index (κ1) is 30.3. The van der Waals surface area contributed by atoms with Crippen LogP contribution in [-0.4, -0.2) is 21.9 Å². The van der Waals surface area contributed by atoms with E-state index < -0.39 is 34.2 Å². The van der Waals surface area contributed by atoms with Gasteiger partial charge in [0, 0.05) is 35.7 Å². The van der Waals surface area contributed by atoms with Gasteiger partial charge in [-0.3, -0.25) is 21.4 Å². The lowest BCUT2D eigenvalue weighted by atomic mass is 9.74. The van der Waals surface area contributed by atoms with Crippen molar-refractivity contribution in [2.24, 2.45) is 11.5 Å². The molecule has 4 N–H and O–H groups in total. The first-order valence-electron chi connectivity index (χ1n) is 13.6. The van der Waals surface area contributed by atoms with Gasteiger partial charge in [-0.15, -0.1) is 0 Å². The van der Waals surface area contributed by atoms with Crippen molar-refractivity contribution in [1.29, 1.82) is 0 Å². The van der Waals surface area contributed by atoms with Gasteiger partial charge in [-0.25, -0.2) is 9.59 Å². The molecule has 0 fully saturated rings. The Hall–Kier alpha value is -4.66. The molecule has 2 atom stereocenters. The van der Waals surface area contributed by atoms with Crippen molar-refractivity contribution in [2.75, 3.05) is 0 Å². The Balaban J connectivity index is 1.62. The predicted molar refractivity (Wildman–Crippen MR) is 160 cm³/mol. The van der Waals surface area contributed by atoms with E-state index in [0.29, 0.717) is 22.5 Å². The maximum Gasteiger partial charge on any atom is 0.333 e. The van der Waals surface area contributed by atoms with Gasteiger partial charge in [0.2, 0.25) is 0 Å². The highest BCUT2D eigenvalue weighted by Crippen LogP contribution is 2.42. The van der Waals surface area contributed by atoms with Crippen molar-refractivity contribution in [3.05, 3.63) is 144 Å². The molecule has 2 heterocycles. The lowest BCUT2D eigenvalue weighted by Gasteiger charge is -2.43. The van der Waals surface area contributed by atoms with Gasteiger partial charge in [-0.2, -0.15) is 0 Å². The molecule has 4 aromatic rings. The molecule has 8 nitrogen and oxygen atoms in total. The fraction of sp³-hybridized carbons (Fsp3) is 0.235. The Labute approximate surface area is 246 Å². The SMILES string of the molecule is CC(C)(c1ccccn1)[C@](N)(OC(=O)/C=C/C(=O)O[C@](N)(c1ccccc1)C(C)(C)c1ccccn1)c1ccccc1. The van der Waals surface area contributed by atoms with Gasteiger partial charge in [-0.1, -0.05) is 72.8 Å². The molecule has 0 amide bonds. The quantitative estimate of drug-likeness (QED) is 0.156. The molecule has 0 aliphatic heterocycles. The van der Waals surface area contributed by atoms with Crippen LogP contribution in [0.15, 0.2) is 122 Å². The van der Waals surface area contributed by atoms with Gasteiger partial charge in [-0.05, 0) is 52.0 Å². The number of hydrogen-bond acceptors (Lipinski definition) is 8. The average Bonchev–Trinajstić information content (AvgIpc) is 3.01. The van der Waals surface area contributed by atoms with Crippen LogP contribution in [-0.2, 0) is 41.3 Å². The average molecular weight is 565 g/mol. The van der Waals surface area contributed by atoms with Crippen LogP contribution >= 0.6 is 0 Å². The second-order valence-corrected chi connectivity index (χ2v) is 11.1. The van der Waals surface area contributed by atoms with Crippen molar-refractivity contribution >= 4 is 11.9 Å². The number of ether oxygens (including phenoxy) is 2. The molecular weight excluding hydrogens is 528 g/mol. The molecule has 4 rings (SSSR count). The molecule has 8 heteroatoms. The van der Waals surface area contributed by atoms with Crippen LogP contribution < -0.4 is 11.5 Å². The van der Waals surface area contributed by atoms with Crippen molar-refractivity contribution in [1.82, 2.24) is 9.97 Å². The van der Waals surface area contributed by atoms with Crippen molar-refractivity contribution in [2.45, 2.75) is 50.0 Å². The highest BCUT2D eigenvalue weighted by molar-refractivity contribution is 5.92. The first-order valence-corrected chi connectivity index (χ1v) is 13.6. The van der Waals surface area contributed by atoms with E-state index in [0.717, 1.165) is 12.2 Å². The fourth-order valence-corrected chi connectivity index (χ4v) is 4.83. The molecule has 216 valence electrons. The maximum atomic E-state index is 13.2. The second-order valence-electron chi connectivity index (χ2n) is 11.1. The van der Waals surface area contributed by atoms with Crippen LogP contribution in [0.4, 0.5) is 0 Å². The summed E-state index contributed by atoms with van der Waals surface area (Å²) in [6.45, 7) is 7.37. The number of rotatable bonds is 10. The maximum absolute atomic E-state index is 13.2. The summed E-state index contributed by atoms with van der Waals surface area (Å²) in [5.74, 6) is -1.68. The summed E-state index contributed by atoms with van der Waals surface area (Å²) < 4.78 is 11.8. The van der Waals surface area contributed by atoms with E-state index in [2.05, 4.69) is 9.97 Å². The van der Waals surface area contributed by atoms with E-state index in [-0.39, 0.29) is 0 Å². The Bertz CT molecular complexity index is 1410. The Morgan fingerprint density at radius 3 is 1.21 bits per heavy atom. The lowest BCUT2D eigenvalue weighted by Crippen LogP contribution is -2.56. The summed E-state index contributed by atoms with van der Waals surface area (Å²) in [7, 11) is 0. The van der Waals surface area contributed by atoms with Crippen molar-refractivity contribution < 1.29 is 19.1 Å². The highest BCUT2D eigenvalue weighted by Gasteiger charge is 2.50. The minimum Gasteiger partial charge on any atom is -0.436 e. The van der Waals surface area contributed by atoms with Gasteiger partial charge >= 0.3 is 11.9 Å². The highest BCUT2D eigenvalue weighted by atomic mass is 16.6. The number of benzene rings is 2. The summed E-state index contributed by atoms with van der Waals surface area (Å²) >= 11 is 0. The van der Waals surface area contributed by atoms with E-state index in [1.807, 2.05) is 64.1 Å². The molecule has 0 saturated carbocycles. The summed E-state index contributed by atoms with van der Waals surface area (Å²) in [5, 5.41) is 0. The molecule has 2 aromatic heterocycles. The van der Waals surface area contributed by atoms with Crippen LogP contribution in [0.25, 0.3) is 0 Å².